The first-order chi connectivity index (χ1) is 15.7. The van der Waals surface area contributed by atoms with Crippen molar-refractivity contribution >= 4 is 11.8 Å². The summed E-state index contributed by atoms with van der Waals surface area (Å²) in [6.07, 6.45) is 1.34. The molecule has 0 radical (unpaired) electrons. The number of rotatable bonds is 4. The summed E-state index contributed by atoms with van der Waals surface area (Å²) in [6, 6.07) is 2.97. The topological polar surface area (TPSA) is 99.2 Å². The minimum absolute atomic E-state index is 0.000765. The van der Waals surface area contributed by atoms with Crippen molar-refractivity contribution in [3.8, 4) is 22.4 Å². The molecule has 0 atom stereocenters. The van der Waals surface area contributed by atoms with Gasteiger partial charge in [0.25, 0.3) is 0 Å². The van der Waals surface area contributed by atoms with Crippen molar-refractivity contribution in [1.82, 2.24) is 35.1 Å². The van der Waals surface area contributed by atoms with Crippen LogP contribution in [0.3, 0.4) is 0 Å². The molecule has 4 rings (SSSR count). The van der Waals surface area contributed by atoms with Gasteiger partial charge in [0.2, 0.25) is 11.7 Å². The zero-order valence-corrected chi connectivity index (χ0v) is 18.9. The molecular weight excluding hydrogens is 432 g/mol. The normalized spacial score (nSPS) is 14.5. The number of benzene rings is 1. The molecule has 2 aromatic heterocycles. The summed E-state index contributed by atoms with van der Waals surface area (Å²) >= 11 is 0. The zero-order chi connectivity index (χ0) is 23.9. The molecule has 2 amide bonds. The Labute approximate surface area is 189 Å². The highest BCUT2D eigenvalue weighted by Crippen LogP contribution is 2.33. The van der Waals surface area contributed by atoms with Gasteiger partial charge < -0.3 is 9.47 Å². The van der Waals surface area contributed by atoms with E-state index in [0.29, 0.717) is 43.1 Å². The molecule has 9 nitrogen and oxygen atoms in total. The van der Waals surface area contributed by atoms with Gasteiger partial charge in [0.15, 0.2) is 11.6 Å². The Kier molecular flexibility index (Phi) is 5.98. The number of carbonyl (C=O) groups is 2. The molecule has 1 aromatic carbocycles. The number of amides is 2. The predicted octanol–water partition coefficient (Wildman–Crippen LogP) is 2.18. The van der Waals surface area contributed by atoms with Gasteiger partial charge in [-0.2, -0.15) is 5.10 Å². The third kappa shape index (κ3) is 4.11. The summed E-state index contributed by atoms with van der Waals surface area (Å²) < 4.78 is 31.5. The Morgan fingerprint density at radius 2 is 1.70 bits per heavy atom. The number of imidazole rings is 1. The average molecular weight is 457 g/mol. The van der Waals surface area contributed by atoms with E-state index in [4.69, 9.17) is 0 Å². The lowest BCUT2D eigenvalue weighted by atomic mass is 10.00. The molecule has 174 valence electrons. The molecule has 1 saturated heterocycles. The number of aromatic amines is 1. The van der Waals surface area contributed by atoms with Gasteiger partial charge in [0, 0.05) is 62.5 Å². The summed E-state index contributed by atoms with van der Waals surface area (Å²) in [5, 5.41) is 8.53. The SMILES string of the molecule is CC(=O)N1CCN(NC(=O)c2ncc(-c3ccc(-c4c(C)n[nH]c4C)c(F)c3F)n2C)CC1. The van der Waals surface area contributed by atoms with Crippen molar-refractivity contribution < 1.29 is 18.4 Å². The van der Waals surface area contributed by atoms with E-state index >= 15 is 8.78 Å². The molecule has 3 aromatic rings. The fourth-order valence-corrected chi connectivity index (χ4v) is 4.09. The van der Waals surface area contributed by atoms with E-state index in [-0.39, 0.29) is 28.6 Å². The number of nitrogens with one attached hydrogen (secondary N) is 2. The monoisotopic (exact) mass is 457 g/mol. The van der Waals surface area contributed by atoms with Crippen LogP contribution in [-0.2, 0) is 11.8 Å². The lowest BCUT2D eigenvalue weighted by Gasteiger charge is -2.33. The Hall–Kier alpha value is -3.60. The lowest BCUT2D eigenvalue weighted by molar-refractivity contribution is -0.130. The number of H-pyrrole nitrogens is 1. The molecule has 0 saturated carbocycles. The highest BCUT2D eigenvalue weighted by molar-refractivity contribution is 5.91. The molecule has 1 aliphatic heterocycles. The number of piperazine rings is 1. The van der Waals surface area contributed by atoms with Crippen LogP contribution in [0.2, 0.25) is 0 Å². The maximum absolute atomic E-state index is 15.1. The highest BCUT2D eigenvalue weighted by atomic mass is 19.2. The number of hydrogen-bond acceptors (Lipinski definition) is 5. The molecule has 1 aliphatic rings. The maximum atomic E-state index is 15.1. The van der Waals surface area contributed by atoms with Gasteiger partial charge in [-0.3, -0.25) is 20.1 Å². The smallest absolute Gasteiger partial charge is 0.301 e. The van der Waals surface area contributed by atoms with Crippen molar-refractivity contribution in [2.24, 2.45) is 7.05 Å². The molecule has 1 fully saturated rings. The first kappa shape index (κ1) is 22.6. The fourth-order valence-electron chi connectivity index (χ4n) is 4.09. The van der Waals surface area contributed by atoms with E-state index in [1.807, 2.05) is 0 Å². The first-order valence-corrected chi connectivity index (χ1v) is 10.5. The van der Waals surface area contributed by atoms with Crippen molar-refractivity contribution in [3.63, 3.8) is 0 Å². The minimum atomic E-state index is -1.03. The van der Waals surface area contributed by atoms with Crippen LogP contribution in [-0.4, -0.2) is 67.7 Å². The van der Waals surface area contributed by atoms with Crippen molar-refractivity contribution in [3.05, 3.63) is 47.2 Å². The second-order valence-corrected chi connectivity index (χ2v) is 8.06. The van der Waals surface area contributed by atoms with Crippen molar-refractivity contribution in [2.45, 2.75) is 20.8 Å². The first-order valence-electron chi connectivity index (χ1n) is 10.5. The number of aryl methyl sites for hydroxylation is 2. The second-order valence-electron chi connectivity index (χ2n) is 8.06. The maximum Gasteiger partial charge on any atom is 0.301 e. The Morgan fingerprint density at radius 1 is 1.06 bits per heavy atom. The fraction of sp³-hybridized carbons (Fsp3) is 0.364. The Bertz CT molecular complexity index is 1210. The molecule has 2 N–H and O–H groups in total. The number of carbonyl (C=O) groups excluding carboxylic acids is 2. The molecule has 0 spiro atoms. The van der Waals surface area contributed by atoms with Gasteiger partial charge in [-0.25, -0.2) is 18.8 Å². The van der Waals surface area contributed by atoms with Crippen LogP contribution < -0.4 is 5.43 Å². The number of halogens is 2. The molecule has 11 heteroatoms. The van der Waals surface area contributed by atoms with Crippen LogP contribution >= 0.6 is 0 Å². The number of nitrogens with zero attached hydrogens (tertiary/aromatic N) is 5. The molecule has 0 bridgehead atoms. The summed E-state index contributed by atoms with van der Waals surface area (Å²) in [5.41, 5.74) is 4.88. The van der Waals surface area contributed by atoms with Crippen molar-refractivity contribution in [2.75, 3.05) is 26.2 Å². The molecular formula is C22H25F2N7O2. The van der Waals surface area contributed by atoms with E-state index in [1.165, 1.54) is 29.8 Å². The van der Waals surface area contributed by atoms with Gasteiger partial charge in [-0.1, -0.05) is 6.07 Å². The molecule has 0 aliphatic carbocycles. The lowest BCUT2D eigenvalue weighted by Crippen LogP contribution is -2.54. The van der Waals surface area contributed by atoms with Crippen LogP contribution in [0.5, 0.6) is 0 Å². The summed E-state index contributed by atoms with van der Waals surface area (Å²) in [7, 11) is 1.57. The second kappa shape index (κ2) is 8.74. The Morgan fingerprint density at radius 3 is 2.30 bits per heavy atom. The van der Waals surface area contributed by atoms with E-state index < -0.39 is 17.5 Å². The zero-order valence-electron chi connectivity index (χ0n) is 18.9. The summed E-state index contributed by atoms with van der Waals surface area (Å²) in [5.74, 6) is -2.43. The quantitative estimate of drug-likeness (QED) is 0.626. The average Bonchev–Trinajstić information content (AvgIpc) is 3.32. The van der Waals surface area contributed by atoms with E-state index in [0.717, 1.165) is 0 Å². The third-order valence-electron chi connectivity index (χ3n) is 5.93. The predicted molar refractivity (Wildman–Crippen MR) is 117 cm³/mol. The molecule has 3 heterocycles. The third-order valence-corrected chi connectivity index (χ3v) is 5.93. The van der Waals surface area contributed by atoms with Crippen LogP contribution in [0.25, 0.3) is 22.4 Å². The van der Waals surface area contributed by atoms with E-state index in [2.05, 4.69) is 20.6 Å². The van der Waals surface area contributed by atoms with Crippen LogP contribution in [0.4, 0.5) is 8.78 Å². The van der Waals surface area contributed by atoms with Gasteiger partial charge in [-0.15, -0.1) is 0 Å². The van der Waals surface area contributed by atoms with Gasteiger partial charge in [-0.05, 0) is 19.9 Å². The van der Waals surface area contributed by atoms with Crippen molar-refractivity contribution in [1.29, 1.82) is 0 Å². The Balaban J connectivity index is 1.56. The standard InChI is InChI=1S/C22H25F2N7O2/c1-12-18(13(2)27-26-12)16-6-5-15(19(23)20(16)24)17-11-25-21(29(17)4)22(33)28-31-9-7-30(8-10-31)14(3)32/h5-6,11H,7-10H2,1-4H3,(H,26,27)(H,28,33). The van der Waals surface area contributed by atoms with Crippen LogP contribution in [0.1, 0.15) is 28.9 Å². The summed E-state index contributed by atoms with van der Waals surface area (Å²) in [6.45, 7) is 6.95. The minimum Gasteiger partial charge on any atom is -0.340 e. The molecule has 0 unspecified atom stereocenters. The number of aromatic nitrogens is 4. The van der Waals surface area contributed by atoms with Gasteiger partial charge in [0.05, 0.1) is 17.6 Å². The van der Waals surface area contributed by atoms with E-state index in [9.17, 15) is 9.59 Å². The van der Waals surface area contributed by atoms with Gasteiger partial charge >= 0.3 is 5.91 Å². The van der Waals surface area contributed by atoms with E-state index in [1.54, 1.807) is 30.8 Å². The van der Waals surface area contributed by atoms with Crippen LogP contribution in [0.15, 0.2) is 18.3 Å². The van der Waals surface area contributed by atoms with Crippen LogP contribution in [0, 0.1) is 25.5 Å². The number of hydrazine groups is 1. The largest absolute Gasteiger partial charge is 0.340 e. The molecule has 33 heavy (non-hydrogen) atoms. The van der Waals surface area contributed by atoms with Gasteiger partial charge in [0.1, 0.15) is 0 Å². The highest BCUT2D eigenvalue weighted by Gasteiger charge is 2.25. The number of hydrogen-bond donors (Lipinski definition) is 2. The summed E-state index contributed by atoms with van der Waals surface area (Å²) in [4.78, 5) is 30.0.